The van der Waals surface area contributed by atoms with E-state index in [1.54, 1.807) is 29.8 Å². The van der Waals surface area contributed by atoms with E-state index in [1.807, 2.05) is 11.5 Å². The number of hydrazine groups is 1. The first-order valence-corrected chi connectivity index (χ1v) is 17.4. The van der Waals surface area contributed by atoms with Crippen LogP contribution in [0, 0.1) is 29.5 Å². The summed E-state index contributed by atoms with van der Waals surface area (Å²) in [7, 11) is 0. The van der Waals surface area contributed by atoms with Gasteiger partial charge >= 0.3 is 0 Å². The number of halogens is 1. The zero-order valence-electron chi connectivity index (χ0n) is 25.6. The number of nitrogens with one attached hydrogen (secondary N) is 2. The van der Waals surface area contributed by atoms with Gasteiger partial charge in [0, 0.05) is 34.2 Å². The lowest BCUT2D eigenvalue weighted by molar-refractivity contribution is 0.624. The van der Waals surface area contributed by atoms with Gasteiger partial charge in [-0.15, -0.1) is 11.8 Å². The summed E-state index contributed by atoms with van der Waals surface area (Å²) in [6, 6.07) is 11.5. The number of anilines is 1. The lowest BCUT2D eigenvalue weighted by Crippen LogP contribution is -2.15. The highest BCUT2D eigenvalue weighted by Crippen LogP contribution is 2.37. The first-order chi connectivity index (χ1) is 21.4. The van der Waals surface area contributed by atoms with Gasteiger partial charge in [-0.1, -0.05) is 50.7 Å². The van der Waals surface area contributed by atoms with Gasteiger partial charge in [-0.05, 0) is 116 Å². The number of thioether (sulfide) groups is 1. The number of hydrogen-bond acceptors (Lipinski definition) is 7. The Labute approximate surface area is 270 Å². The molecule has 0 bridgehead atoms. The normalized spacial score (nSPS) is 17.4. The molecule has 2 saturated carbocycles. The number of fused-ring (bicyclic) bond motifs is 1. The highest BCUT2D eigenvalue weighted by molar-refractivity contribution is 8.02. The van der Waals surface area contributed by atoms with Crippen molar-refractivity contribution < 1.29 is 4.39 Å². The monoisotopic (exact) mass is 627 g/mol. The van der Waals surface area contributed by atoms with Crippen LogP contribution in [0.3, 0.4) is 0 Å². The fourth-order valence-electron chi connectivity index (χ4n) is 5.55. The van der Waals surface area contributed by atoms with Gasteiger partial charge in [0.2, 0.25) is 0 Å². The second-order valence-electron chi connectivity index (χ2n) is 11.7. The Balaban J connectivity index is 1.50. The smallest absolute Gasteiger partial charge is 0.138 e. The molecule has 0 saturated heterocycles. The number of aliphatic imine (C=N–C) groups is 2. The molecule has 4 N–H and O–H groups in total. The van der Waals surface area contributed by atoms with E-state index in [9.17, 15) is 4.39 Å². The number of hydrogen-bond donors (Lipinski definition) is 3. The average molecular weight is 628 g/mol. The Hall–Kier alpha value is -3.25. The van der Waals surface area contributed by atoms with Crippen LogP contribution in [-0.2, 0) is 6.42 Å². The van der Waals surface area contributed by atoms with Crippen LogP contribution in [0.25, 0.3) is 5.70 Å². The topological polar surface area (TPSA) is 74.8 Å². The van der Waals surface area contributed by atoms with Gasteiger partial charge in [0.15, 0.2) is 0 Å². The lowest BCUT2D eigenvalue weighted by Gasteiger charge is -2.17. The van der Waals surface area contributed by atoms with Gasteiger partial charge in [0.05, 0.1) is 22.8 Å². The van der Waals surface area contributed by atoms with Gasteiger partial charge in [-0.3, -0.25) is 9.98 Å². The van der Waals surface area contributed by atoms with Gasteiger partial charge in [-0.25, -0.2) is 4.39 Å². The SMILES string of the molecule is C=N/C(=C\SCN=C(CC1CC1)C(Cc1ccc2c(c1)NNS2)=C(N)c1ccc(F)c(C#CC2CCCC2)c1)C(=C)CCC. The van der Waals surface area contributed by atoms with Crippen molar-refractivity contribution in [1.29, 1.82) is 0 Å². The zero-order valence-corrected chi connectivity index (χ0v) is 27.2. The molecule has 5 rings (SSSR count). The molecule has 5 nitrogen and oxygen atoms in total. The maximum Gasteiger partial charge on any atom is 0.138 e. The highest BCUT2D eigenvalue weighted by Gasteiger charge is 2.26. The number of nitrogens with zero attached hydrogens (tertiary/aromatic N) is 2. The van der Waals surface area contributed by atoms with Crippen molar-refractivity contribution in [3.63, 3.8) is 0 Å². The Kier molecular flexibility index (Phi) is 11.4. The predicted molar refractivity (Wildman–Crippen MR) is 188 cm³/mol. The first-order valence-electron chi connectivity index (χ1n) is 15.6. The number of nitrogens with two attached hydrogens (primary N) is 1. The molecule has 44 heavy (non-hydrogen) atoms. The van der Waals surface area contributed by atoms with E-state index in [0.29, 0.717) is 35.4 Å². The standard InChI is InChI=1S/C36H42FN5S2/c1-4-7-24(2)34(39-3)22-43-23-40-32(19-26-10-11-26)30(18-27-13-17-35-33(20-27)41-42-44-35)36(38)29-15-16-31(37)28(21-29)14-12-25-8-5-6-9-25/h13,15-17,20-22,25-26,41-42H,2-11,18-19,23,38H2,1H3/b34-22-,36-30?,40-32?. The number of allylic oxidation sites excluding steroid dienone is 2. The highest BCUT2D eigenvalue weighted by atomic mass is 32.2. The molecule has 8 heteroatoms. The van der Waals surface area contributed by atoms with Gasteiger partial charge in [0.1, 0.15) is 5.82 Å². The van der Waals surface area contributed by atoms with Gasteiger partial charge in [-0.2, -0.15) is 4.83 Å². The fraction of sp³-hybridized carbons (Fsp3) is 0.389. The molecule has 0 unspecified atom stereocenters. The van der Waals surface area contributed by atoms with E-state index < -0.39 is 0 Å². The maximum atomic E-state index is 14.9. The quantitative estimate of drug-likeness (QED) is 0.0679. The van der Waals surface area contributed by atoms with Crippen LogP contribution in [0.4, 0.5) is 10.1 Å². The van der Waals surface area contributed by atoms with Crippen molar-refractivity contribution >= 4 is 47.5 Å². The maximum absolute atomic E-state index is 14.9. The molecule has 230 valence electrons. The predicted octanol–water partition coefficient (Wildman–Crippen LogP) is 9.05. The Morgan fingerprint density at radius 2 is 2.00 bits per heavy atom. The minimum atomic E-state index is -0.311. The van der Waals surface area contributed by atoms with Crippen LogP contribution < -0.4 is 16.0 Å². The molecular formula is C36H42FN5S2. The Morgan fingerprint density at radius 3 is 2.75 bits per heavy atom. The minimum Gasteiger partial charge on any atom is -0.398 e. The zero-order chi connectivity index (χ0) is 30.9. The lowest BCUT2D eigenvalue weighted by atomic mass is 9.92. The molecule has 0 spiro atoms. The average Bonchev–Trinajstić information content (AvgIpc) is 3.46. The van der Waals surface area contributed by atoms with E-state index in [4.69, 9.17) is 10.7 Å². The summed E-state index contributed by atoms with van der Waals surface area (Å²) >= 11 is 3.15. The molecule has 2 aliphatic carbocycles. The van der Waals surface area contributed by atoms with Crippen molar-refractivity contribution in [3.8, 4) is 11.8 Å². The molecule has 0 amide bonds. The number of rotatable bonds is 13. The first kappa shape index (κ1) is 32.2. The van der Waals surface area contributed by atoms with Crippen LogP contribution >= 0.6 is 23.7 Å². The van der Waals surface area contributed by atoms with Crippen LogP contribution in [0.15, 0.2) is 80.1 Å². The summed E-state index contributed by atoms with van der Waals surface area (Å²) in [5, 5.41) is 2.00. The summed E-state index contributed by atoms with van der Waals surface area (Å²) in [5.41, 5.74) is 18.0. The summed E-state index contributed by atoms with van der Waals surface area (Å²) in [4.78, 5) is 13.6. The van der Waals surface area contributed by atoms with Crippen molar-refractivity contribution in [1.82, 2.24) is 4.83 Å². The molecule has 1 heterocycles. The van der Waals surface area contributed by atoms with E-state index in [1.165, 1.54) is 31.7 Å². The molecule has 2 fully saturated rings. The van der Waals surface area contributed by atoms with Gasteiger partial charge in [0.25, 0.3) is 0 Å². The summed E-state index contributed by atoms with van der Waals surface area (Å²) in [6.07, 6.45) is 10.4. The molecule has 2 aromatic carbocycles. The van der Waals surface area contributed by atoms with Crippen molar-refractivity contribution in [2.75, 3.05) is 11.3 Å². The summed E-state index contributed by atoms with van der Waals surface area (Å²) < 4.78 is 14.9. The number of benzene rings is 2. The third kappa shape index (κ3) is 8.68. The second kappa shape index (κ2) is 15.7. The third-order valence-electron chi connectivity index (χ3n) is 8.28. The van der Waals surface area contributed by atoms with Crippen LogP contribution in [0.5, 0.6) is 0 Å². The van der Waals surface area contributed by atoms with Crippen molar-refractivity contribution in [2.24, 2.45) is 27.6 Å². The van der Waals surface area contributed by atoms with Crippen molar-refractivity contribution in [2.45, 2.75) is 76.0 Å². The minimum absolute atomic E-state index is 0.311. The molecule has 0 atom stereocenters. The molecule has 3 aliphatic rings. The van der Waals surface area contributed by atoms with Crippen LogP contribution in [-0.4, -0.2) is 18.3 Å². The fourth-order valence-corrected chi connectivity index (χ4v) is 6.88. The molecule has 1 aliphatic heterocycles. The molecule has 2 aromatic rings. The largest absolute Gasteiger partial charge is 0.398 e. The van der Waals surface area contributed by atoms with E-state index in [0.717, 1.165) is 76.4 Å². The summed E-state index contributed by atoms with van der Waals surface area (Å²) in [5.74, 6) is 7.62. The Bertz CT molecular complexity index is 1540. The van der Waals surface area contributed by atoms with Crippen LogP contribution in [0.2, 0.25) is 0 Å². The molecule has 0 aromatic heterocycles. The van der Waals surface area contributed by atoms with Crippen LogP contribution in [0.1, 0.15) is 81.4 Å². The van der Waals surface area contributed by atoms with E-state index in [2.05, 4.69) is 65.5 Å². The second-order valence-corrected chi connectivity index (χ2v) is 13.4. The summed E-state index contributed by atoms with van der Waals surface area (Å²) in [6.45, 7) is 10.0. The third-order valence-corrected chi connectivity index (χ3v) is 9.72. The van der Waals surface area contributed by atoms with Crippen molar-refractivity contribution in [3.05, 3.63) is 87.7 Å². The molecule has 0 radical (unpaired) electrons. The Morgan fingerprint density at radius 1 is 1.18 bits per heavy atom. The van der Waals surface area contributed by atoms with E-state index >= 15 is 0 Å². The molecular weight excluding hydrogens is 586 g/mol. The van der Waals surface area contributed by atoms with Gasteiger partial charge < -0.3 is 11.2 Å². The van der Waals surface area contributed by atoms with E-state index in [-0.39, 0.29) is 5.82 Å².